The van der Waals surface area contributed by atoms with Gasteiger partial charge in [-0.2, -0.15) is 0 Å². The molecule has 17 heavy (non-hydrogen) atoms. The number of hydrogen-bond donors (Lipinski definition) is 1. The van der Waals surface area contributed by atoms with Crippen LogP contribution in [0.2, 0.25) is 0 Å². The Hall–Kier alpha value is -0.340. The fourth-order valence-corrected chi connectivity index (χ4v) is 3.30. The van der Waals surface area contributed by atoms with E-state index in [9.17, 15) is 0 Å². The highest BCUT2D eigenvalue weighted by atomic mass is 79.9. The molecule has 94 valence electrons. The molecule has 1 fully saturated rings. The van der Waals surface area contributed by atoms with E-state index in [1.165, 1.54) is 22.9 Å². The summed E-state index contributed by atoms with van der Waals surface area (Å²) in [6, 6.07) is 8.70. The lowest BCUT2D eigenvalue weighted by Crippen LogP contribution is -2.52. The van der Waals surface area contributed by atoms with Gasteiger partial charge < -0.3 is 5.32 Å². The first-order chi connectivity index (χ1) is 7.93. The lowest BCUT2D eigenvalue weighted by Gasteiger charge is -2.42. The highest BCUT2D eigenvalue weighted by molar-refractivity contribution is 9.10. The third kappa shape index (κ3) is 2.74. The molecule has 0 aliphatic carbocycles. The van der Waals surface area contributed by atoms with Gasteiger partial charge in [-0.25, -0.2) is 0 Å². The third-order valence-corrected chi connectivity index (χ3v) is 4.57. The van der Waals surface area contributed by atoms with Gasteiger partial charge in [-0.15, -0.1) is 0 Å². The van der Waals surface area contributed by atoms with Crippen molar-refractivity contribution in [2.75, 3.05) is 6.54 Å². The van der Waals surface area contributed by atoms with Gasteiger partial charge in [-0.1, -0.05) is 48.8 Å². The monoisotopic (exact) mass is 295 g/mol. The maximum atomic E-state index is 3.76. The average Bonchev–Trinajstić information content (AvgIpc) is 2.66. The van der Waals surface area contributed by atoms with Crippen molar-refractivity contribution in [2.24, 2.45) is 5.41 Å². The molecule has 1 unspecified atom stereocenters. The minimum atomic E-state index is 0.258. The van der Waals surface area contributed by atoms with Gasteiger partial charge in [0.2, 0.25) is 0 Å². The fourth-order valence-electron chi connectivity index (χ4n) is 2.86. The standard InChI is InChI=1S/C15H22BrN/c1-14(2,3)15(8-5-9-17-15)11-12-6-4-7-13(16)10-12/h4,6-7,10,17H,5,8-9,11H2,1-3H3. The Morgan fingerprint density at radius 3 is 2.65 bits per heavy atom. The SMILES string of the molecule is CC(C)(C)C1(Cc2cccc(Br)c2)CCCN1. The van der Waals surface area contributed by atoms with Crippen molar-refractivity contribution < 1.29 is 0 Å². The topological polar surface area (TPSA) is 12.0 Å². The third-order valence-electron chi connectivity index (χ3n) is 4.07. The summed E-state index contributed by atoms with van der Waals surface area (Å²) in [6.45, 7) is 8.21. The van der Waals surface area contributed by atoms with Crippen molar-refractivity contribution in [2.45, 2.75) is 45.6 Å². The van der Waals surface area contributed by atoms with Crippen LogP contribution in [-0.4, -0.2) is 12.1 Å². The minimum absolute atomic E-state index is 0.258. The molecule has 1 aromatic rings. The smallest absolute Gasteiger partial charge is 0.0270 e. The molecule has 2 rings (SSSR count). The molecular formula is C15H22BrN. The van der Waals surface area contributed by atoms with Gasteiger partial charge in [-0.3, -0.25) is 0 Å². The molecule has 1 atom stereocenters. The summed E-state index contributed by atoms with van der Waals surface area (Å²) in [5.74, 6) is 0. The summed E-state index contributed by atoms with van der Waals surface area (Å²) >= 11 is 3.56. The van der Waals surface area contributed by atoms with E-state index in [0.29, 0.717) is 5.41 Å². The molecule has 1 N–H and O–H groups in total. The van der Waals surface area contributed by atoms with Gasteiger partial charge in [-0.05, 0) is 48.9 Å². The predicted octanol–water partition coefficient (Wildman–Crippen LogP) is 4.16. The molecular weight excluding hydrogens is 274 g/mol. The molecule has 1 aliphatic heterocycles. The summed E-state index contributed by atoms with van der Waals surface area (Å²) in [5, 5.41) is 3.76. The second-order valence-electron chi connectivity index (χ2n) is 6.17. The van der Waals surface area contributed by atoms with Crippen LogP contribution in [0.25, 0.3) is 0 Å². The largest absolute Gasteiger partial charge is 0.310 e. The van der Waals surface area contributed by atoms with Crippen molar-refractivity contribution in [1.29, 1.82) is 0 Å². The van der Waals surface area contributed by atoms with Gasteiger partial charge in [0.25, 0.3) is 0 Å². The van der Waals surface area contributed by atoms with E-state index in [2.05, 4.69) is 66.3 Å². The Bertz CT molecular complexity index is 386. The molecule has 1 aromatic carbocycles. The number of nitrogens with one attached hydrogen (secondary N) is 1. The molecule has 1 nitrogen and oxygen atoms in total. The zero-order chi connectivity index (χ0) is 12.5. The Morgan fingerprint density at radius 1 is 1.35 bits per heavy atom. The van der Waals surface area contributed by atoms with Crippen LogP contribution < -0.4 is 5.32 Å². The predicted molar refractivity (Wildman–Crippen MR) is 77.3 cm³/mol. The van der Waals surface area contributed by atoms with Crippen molar-refractivity contribution in [3.8, 4) is 0 Å². The Labute approximate surface area is 113 Å². The lowest BCUT2D eigenvalue weighted by atomic mass is 9.69. The van der Waals surface area contributed by atoms with Gasteiger partial charge in [0.05, 0.1) is 0 Å². The van der Waals surface area contributed by atoms with Crippen LogP contribution in [0.15, 0.2) is 28.7 Å². The molecule has 0 bridgehead atoms. The Morgan fingerprint density at radius 2 is 2.12 bits per heavy atom. The first kappa shape index (κ1) is 13.1. The van der Waals surface area contributed by atoms with Crippen LogP contribution in [0.4, 0.5) is 0 Å². The van der Waals surface area contributed by atoms with Gasteiger partial charge in [0, 0.05) is 10.0 Å². The molecule has 0 amide bonds. The van der Waals surface area contributed by atoms with Crippen LogP contribution in [0.1, 0.15) is 39.2 Å². The van der Waals surface area contributed by atoms with Gasteiger partial charge in [0.1, 0.15) is 0 Å². The quantitative estimate of drug-likeness (QED) is 0.864. The van der Waals surface area contributed by atoms with E-state index in [4.69, 9.17) is 0 Å². The summed E-state index contributed by atoms with van der Waals surface area (Å²) in [5.41, 5.74) is 1.98. The number of benzene rings is 1. The first-order valence-electron chi connectivity index (χ1n) is 6.42. The second-order valence-corrected chi connectivity index (χ2v) is 7.08. The van der Waals surface area contributed by atoms with Crippen LogP contribution in [0, 0.1) is 5.41 Å². The van der Waals surface area contributed by atoms with E-state index >= 15 is 0 Å². The van der Waals surface area contributed by atoms with E-state index in [1.807, 2.05) is 0 Å². The van der Waals surface area contributed by atoms with E-state index in [-0.39, 0.29) is 5.54 Å². The summed E-state index contributed by atoms with van der Waals surface area (Å²) in [4.78, 5) is 0. The molecule has 0 aromatic heterocycles. The lowest BCUT2D eigenvalue weighted by molar-refractivity contribution is 0.159. The molecule has 1 saturated heterocycles. The summed E-state index contributed by atoms with van der Waals surface area (Å²) in [6.07, 6.45) is 3.70. The van der Waals surface area contributed by atoms with Crippen LogP contribution in [0.5, 0.6) is 0 Å². The Balaban J connectivity index is 2.25. The minimum Gasteiger partial charge on any atom is -0.310 e. The summed E-state index contributed by atoms with van der Waals surface area (Å²) < 4.78 is 1.18. The molecule has 0 spiro atoms. The molecule has 2 heteroatoms. The maximum absolute atomic E-state index is 3.76. The second kappa shape index (κ2) is 4.74. The maximum Gasteiger partial charge on any atom is 0.0270 e. The average molecular weight is 296 g/mol. The van der Waals surface area contributed by atoms with Gasteiger partial charge in [0.15, 0.2) is 0 Å². The number of hydrogen-bond acceptors (Lipinski definition) is 1. The molecule has 1 aliphatic rings. The highest BCUT2D eigenvalue weighted by Crippen LogP contribution is 2.40. The van der Waals surface area contributed by atoms with Crippen molar-refractivity contribution in [3.63, 3.8) is 0 Å². The van der Waals surface area contributed by atoms with Crippen molar-refractivity contribution >= 4 is 15.9 Å². The molecule has 0 saturated carbocycles. The van der Waals surface area contributed by atoms with Crippen LogP contribution >= 0.6 is 15.9 Å². The summed E-state index contributed by atoms with van der Waals surface area (Å²) in [7, 11) is 0. The number of rotatable bonds is 2. The molecule has 0 radical (unpaired) electrons. The van der Waals surface area contributed by atoms with Gasteiger partial charge >= 0.3 is 0 Å². The number of halogens is 1. The normalized spacial score (nSPS) is 25.2. The van der Waals surface area contributed by atoms with E-state index < -0.39 is 0 Å². The van der Waals surface area contributed by atoms with E-state index in [1.54, 1.807) is 0 Å². The zero-order valence-corrected chi connectivity index (χ0v) is 12.6. The van der Waals surface area contributed by atoms with Crippen LogP contribution in [0.3, 0.4) is 0 Å². The first-order valence-corrected chi connectivity index (χ1v) is 7.22. The van der Waals surface area contributed by atoms with Crippen molar-refractivity contribution in [3.05, 3.63) is 34.3 Å². The zero-order valence-electron chi connectivity index (χ0n) is 11.0. The molecule has 1 heterocycles. The fraction of sp³-hybridized carbons (Fsp3) is 0.600. The highest BCUT2D eigenvalue weighted by Gasteiger charge is 2.43. The van der Waals surface area contributed by atoms with E-state index in [0.717, 1.165) is 13.0 Å². The van der Waals surface area contributed by atoms with Crippen LogP contribution in [-0.2, 0) is 6.42 Å². The van der Waals surface area contributed by atoms with Crippen molar-refractivity contribution in [1.82, 2.24) is 5.32 Å². The Kier molecular flexibility index (Phi) is 3.65.